The maximum atomic E-state index is 12.7. The van der Waals surface area contributed by atoms with Gasteiger partial charge in [0.15, 0.2) is 0 Å². The molecule has 9 heteroatoms. The van der Waals surface area contributed by atoms with Crippen LogP contribution in [0.5, 0.6) is 0 Å². The first-order valence-electron chi connectivity index (χ1n) is 9.27. The van der Waals surface area contributed by atoms with Gasteiger partial charge in [0.2, 0.25) is 5.91 Å². The van der Waals surface area contributed by atoms with E-state index in [1.54, 1.807) is 12.1 Å². The number of amides is 2. The highest BCUT2D eigenvalue weighted by molar-refractivity contribution is 6.31. The Morgan fingerprint density at radius 2 is 1.86 bits per heavy atom. The summed E-state index contributed by atoms with van der Waals surface area (Å²) in [4.78, 5) is 38.9. The Hall–Kier alpha value is -3.13. The Morgan fingerprint density at radius 1 is 1.14 bits per heavy atom. The van der Waals surface area contributed by atoms with E-state index in [0.717, 1.165) is 5.69 Å². The van der Waals surface area contributed by atoms with Crippen molar-refractivity contribution in [2.24, 2.45) is 0 Å². The molecule has 0 atom stereocenters. The number of nitrogens with zero attached hydrogens (tertiary/aromatic N) is 3. The van der Waals surface area contributed by atoms with E-state index in [-0.39, 0.29) is 17.2 Å². The minimum Gasteiger partial charge on any atom is -0.366 e. The summed E-state index contributed by atoms with van der Waals surface area (Å²) in [5, 5.41) is 14.2. The number of benzene rings is 2. The minimum atomic E-state index is -0.543. The van der Waals surface area contributed by atoms with E-state index >= 15 is 0 Å². The van der Waals surface area contributed by atoms with Gasteiger partial charge in [0, 0.05) is 55.3 Å². The number of nitro benzene ring substituents is 1. The topological polar surface area (TPSA) is 95.8 Å². The number of non-ortho nitro benzene ring substituents is 1. The molecule has 152 valence electrons. The van der Waals surface area contributed by atoms with Gasteiger partial charge in [0.05, 0.1) is 16.3 Å². The number of rotatable bonds is 5. The summed E-state index contributed by atoms with van der Waals surface area (Å²) in [6.45, 7) is 4.32. The molecule has 0 unspecified atom stereocenters. The smallest absolute Gasteiger partial charge is 0.270 e. The molecule has 0 saturated carbocycles. The zero-order chi connectivity index (χ0) is 21.0. The average molecular weight is 417 g/mol. The molecule has 29 heavy (non-hydrogen) atoms. The maximum Gasteiger partial charge on any atom is 0.270 e. The van der Waals surface area contributed by atoms with Gasteiger partial charge in [-0.15, -0.1) is 0 Å². The highest BCUT2D eigenvalue weighted by Crippen LogP contribution is 2.30. The minimum absolute atomic E-state index is 0.125. The molecule has 3 rings (SSSR count). The van der Waals surface area contributed by atoms with Gasteiger partial charge < -0.3 is 15.1 Å². The highest BCUT2D eigenvalue weighted by atomic mass is 35.5. The van der Waals surface area contributed by atoms with Crippen molar-refractivity contribution < 1.29 is 14.5 Å². The third-order valence-electron chi connectivity index (χ3n) is 4.80. The van der Waals surface area contributed by atoms with Gasteiger partial charge in [-0.2, -0.15) is 0 Å². The number of carbonyl (C=O) groups excluding carboxylic acids is 2. The lowest BCUT2D eigenvalue weighted by Crippen LogP contribution is -2.48. The van der Waals surface area contributed by atoms with Gasteiger partial charge in [-0.3, -0.25) is 19.7 Å². The van der Waals surface area contributed by atoms with Crippen LogP contribution in [0.2, 0.25) is 5.02 Å². The van der Waals surface area contributed by atoms with Crippen LogP contribution in [-0.4, -0.2) is 47.8 Å². The van der Waals surface area contributed by atoms with Gasteiger partial charge in [-0.1, -0.05) is 24.6 Å². The van der Waals surface area contributed by atoms with Gasteiger partial charge in [-0.25, -0.2) is 0 Å². The summed E-state index contributed by atoms with van der Waals surface area (Å²) in [5.74, 6) is -0.336. The van der Waals surface area contributed by atoms with E-state index in [1.807, 2.05) is 17.9 Å². The lowest BCUT2D eigenvalue weighted by atomic mass is 10.1. The monoisotopic (exact) mass is 416 g/mol. The maximum absolute atomic E-state index is 12.7. The number of hydrogen-bond donors (Lipinski definition) is 1. The van der Waals surface area contributed by atoms with Gasteiger partial charge >= 0.3 is 0 Å². The van der Waals surface area contributed by atoms with Gasteiger partial charge in [0.1, 0.15) is 0 Å². The van der Waals surface area contributed by atoms with Crippen molar-refractivity contribution in [3.05, 3.63) is 63.2 Å². The van der Waals surface area contributed by atoms with Crippen LogP contribution in [-0.2, 0) is 4.79 Å². The Bertz CT molecular complexity index is 942. The van der Waals surface area contributed by atoms with E-state index in [4.69, 9.17) is 11.6 Å². The molecule has 1 fully saturated rings. The van der Waals surface area contributed by atoms with Crippen molar-refractivity contribution in [1.29, 1.82) is 0 Å². The molecule has 1 aliphatic rings. The van der Waals surface area contributed by atoms with Gasteiger partial charge in [-0.05, 0) is 24.3 Å². The summed E-state index contributed by atoms with van der Waals surface area (Å²) < 4.78 is 0. The quantitative estimate of drug-likeness (QED) is 0.593. The number of nitrogens with one attached hydrogen (secondary N) is 1. The van der Waals surface area contributed by atoms with E-state index in [9.17, 15) is 19.7 Å². The molecule has 1 N–H and O–H groups in total. The predicted molar refractivity (Wildman–Crippen MR) is 112 cm³/mol. The van der Waals surface area contributed by atoms with Crippen LogP contribution in [0, 0.1) is 10.1 Å². The highest BCUT2D eigenvalue weighted by Gasteiger charge is 2.22. The van der Waals surface area contributed by atoms with E-state index in [1.165, 1.54) is 24.3 Å². The number of carbonyl (C=O) groups is 2. The molecule has 0 radical (unpaired) electrons. The van der Waals surface area contributed by atoms with Crippen LogP contribution in [0.15, 0.2) is 42.5 Å². The summed E-state index contributed by atoms with van der Waals surface area (Å²) in [7, 11) is 0. The SMILES string of the molecule is CCC(=O)N1CCN(c2ccc(Cl)cc2NC(=O)c2cccc([N+](=O)[O-])c2)CC1. The van der Waals surface area contributed by atoms with Gasteiger partial charge in [0.25, 0.3) is 11.6 Å². The largest absolute Gasteiger partial charge is 0.366 e. The first-order valence-corrected chi connectivity index (χ1v) is 9.65. The lowest BCUT2D eigenvalue weighted by molar-refractivity contribution is -0.384. The average Bonchev–Trinajstić information content (AvgIpc) is 2.73. The number of nitro groups is 1. The van der Waals surface area contributed by atoms with Crippen molar-refractivity contribution in [2.75, 3.05) is 36.4 Å². The fraction of sp³-hybridized carbons (Fsp3) is 0.300. The molecule has 0 bridgehead atoms. The molecular weight excluding hydrogens is 396 g/mol. The fourth-order valence-corrected chi connectivity index (χ4v) is 3.43. The number of piperazine rings is 1. The summed E-state index contributed by atoms with van der Waals surface area (Å²) in [6.07, 6.45) is 0.478. The first kappa shape index (κ1) is 20.6. The molecule has 0 aromatic heterocycles. The van der Waals surface area contributed by atoms with Crippen LogP contribution in [0.1, 0.15) is 23.7 Å². The molecule has 2 amide bonds. The van der Waals surface area contributed by atoms with Crippen LogP contribution in [0.25, 0.3) is 0 Å². The Balaban J connectivity index is 1.79. The van der Waals surface area contributed by atoms with Crippen LogP contribution in [0.3, 0.4) is 0 Å². The zero-order valence-corrected chi connectivity index (χ0v) is 16.7. The predicted octanol–water partition coefficient (Wildman–Crippen LogP) is 3.56. The summed E-state index contributed by atoms with van der Waals surface area (Å²) in [5.41, 5.74) is 1.34. The number of anilines is 2. The van der Waals surface area contributed by atoms with Crippen molar-refractivity contribution in [3.8, 4) is 0 Å². The zero-order valence-electron chi connectivity index (χ0n) is 15.9. The van der Waals surface area contributed by atoms with Crippen LogP contribution >= 0.6 is 11.6 Å². The third-order valence-corrected chi connectivity index (χ3v) is 5.04. The summed E-state index contributed by atoms with van der Waals surface area (Å²) in [6, 6.07) is 10.8. The normalized spacial score (nSPS) is 13.9. The lowest BCUT2D eigenvalue weighted by Gasteiger charge is -2.37. The molecule has 1 saturated heterocycles. The Kier molecular flexibility index (Phi) is 6.33. The third kappa shape index (κ3) is 4.83. The molecule has 0 spiro atoms. The second-order valence-electron chi connectivity index (χ2n) is 6.64. The van der Waals surface area contributed by atoms with Crippen LogP contribution in [0.4, 0.5) is 17.1 Å². The Morgan fingerprint density at radius 3 is 2.52 bits per heavy atom. The molecule has 1 aliphatic heterocycles. The first-order chi connectivity index (χ1) is 13.9. The van der Waals surface area contributed by atoms with E-state index < -0.39 is 10.8 Å². The van der Waals surface area contributed by atoms with Crippen molar-refractivity contribution in [2.45, 2.75) is 13.3 Å². The fourth-order valence-electron chi connectivity index (χ4n) is 3.26. The Labute approximate surface area is 173 Å². The molecule has 2 aromatic carbocycles. The molecule has 8 nitrogen and oxygen atoms in total. The summed E-state index contributed by atoms with van der Waals surface area (Å²) >= 11 is 6.12. The molecular formula is C20H21ClN4O4. The van der Waals surface area contributed by atoms with Crippen molar-refractivity contribution in [3.63, 3.8) is 0 Å². The van der Waals surface area contributed by atoms with Crippen molar-refractivity contribution in [1.82, 2.24) is 4.90 Å². The standard InChI is InChI=1S/C20H21ClN4O4/c1-2-19(26)24-10-8-23(9-11-24)18-7-6-15(21)13-17(18)22-20(27)14-4-3-5-16(12-14)25(28)29/h3-7,12-13H,2,8-11H2,1H3,(H,22,27). The van der Waals surface area contributed by atoms with Crippen molar-refractivity contribution >= 4 is 40.5 Å². The molecule has 2 aromatic rings. The molecule has 1 heterocycles. The second-order valence-corrected chi connectivity index (χ2v) is 7.08. The number of halogens is 1. The van der Waals surface area contributed by atoms with E-state index in [2.05, 4.69) is 10.2 Å². The molecule has 0 aliphatic carbocycles. The van der Waals surface area contributed by atoms with E-state index in [0.29, 0.717) is 43.3 Å². The van der Waals surface area contributed by atoms with Crippen LogP contribution < -0.4 is 10.2 Å². The number of hydrogen-bond acceptors (Lipinski definition) is 5. The second kappa shape index (κ2) is 8.91.